The van der Waals surface area contributed by atoms with Crippen LogP contribution < -0.4 is 0 Å². The fraction of sp³-hybridized carbons (Fsp3) is 0.429. The summed E-state index contributed by atoms with van der Waals surface area (Å²) >= 11 is 0. The van der Waals surface area contributed by atoms with Gasteiger partial charge in [-0.25, -0.2) is 9.37 Å². The maximum absolute atomic E-state index is 13.7. The molecule has 3 nitrogen and oxygen atoms in total. The molecule has 0 spiro atoms. The number of hydrogen-bond donors (Lipinski definition) is 0. The molecule has 0 bridgehead atoms. The second-order valence-electron chi connectivity index (χ2n) is 7.36. The molecule has 0 saturated heterocycles. The largest absolute Gasteiger partial charge is 0.338 e. The molecule has 2 heterocycles. The highest BCUT2D eigenvalue weighted by Gasteiger charge is 2.29. The van der Waals surface area contributed by atoms with Gasteiger partial charge in [0.1, 0.15) is 11.6 Å². The lowest BCUT2D eigenvalue weighted by Crippen LogP contribution is -2.20. The highest BCUT2D eigenvalue weighted by molar-refractivity contribution is 5.82. The zero-order chi connectivity index (χ0) is 17.4. The second kappa shape index (κ2) is 6.58. The Labute approximate surface area is 147 Å². The van der Waals surface area contributed by atoms with E-state index in [1.54, 1.807) is 12.1 Å². The summed E-state index contributed by atoms with van der Waals surface area (Å²) in [6, 6.07) is 6.99. The van der Waals surface area contributed by atoms with E-state index in [1.165, 1.54) is 30.3 Å². The van der Waals surface area contributed by atoms with Gasteiger partial charge in [-0.1, -0.05) is 6.92 Å². The summed E-state index contributed by atoms with van der Waals surface area (Å²) in [5, 5.41) is 0.975. The minimum Gasteiger partial charge on any atom is -0.338 e. The zero-order valence-electron chi connectivity index (χ0n) is 14.8. The molecule has 1 saturated carbocycles. The SMILES string of the molecule is C[C@@H](c1nccn1C)C1CCC(c2ccnc3ccc(F)cc23)CC1. The molecule has 4 rings (SSSR count). The second-order valence-corrected chi connectivity index (χ2v) is 7.36. The Kier molecular flexibility index (Phi) is 4.28. The van der Waals surface area contributed by atoms with Crippen LogP contribution in [0.1, 0.15) is 55.8 Å². The van der Waals surface area contributed by atoms with Gasteiger partial charge in [-0.2, -0.15) is 0 Å². The van der Waals surface area contributed by atoms with Gasteiger partial charge in [-0.05, 0) is 67.3 Å². The molecule has 0 aliphatic heterocycles. The Morgan fingerprint density at radius 2 is 1.88 bits per heavy atom. The van der Waals surface area contributed by atoms with Crippen molar-refractivity contribution in [2.45, 2.75) is 44.4 Å². The maximum Gasteiger partial charge on any atom is 0.123 e. The summed E-state index contributed by atoms with van der Waals surface area (Å²) in [4.78, 5) is 8.92. The van der Waals surface area contributed by atoms with E-state index in [0.717, 1.165) is 23.7 Å². The first-order valence-corrected chi connectivity index (χ1v) is 9.15. The Morgan fingerprint density at radius 3 is 2.60 bits per heavy atom. The molecule has 4 heteroatoms. The lowest BCUT2D eigenvalue weighted by Gasteiger charge is -2.32. The van der Waals surface area contributed by atoms with E-state index in [0.29, 0.717) is 17.8 Å². The van der Waals surface area contributed by atoms with Crippen LogP contribution in [-0.2, 0) is 7.05 Å². The van der Waals surface area contributed by atoms with Crippen molar-refractivity contribution in [2.24, 2.45) is 13.0 Å². The van der Waals surface area contributed by atoms with Crippen LogP contribution in [0.2, 0.25) is 0 Å². The van der Waals surface area contributed by atoms with Crippen molar-refractivity contribution in [1.29, 1.82) is 0 Å². The van der Waals surface area contributed by atoms with Gasteiger partial charge in [0.25, 0.3) is 0 Å². The predicted molar refractivity (Wildman–Crippen MR) is 98.0 cm³/mol. The van der Waals surface area contributed by atoms with Gasteiger partial charge in [-0.3, -0.25) is 4.98 Å². The molecule has 1 aliphatic carbocycles. The first-order valence-electron chi connectivity index (χ1n) is 9.15. The van der Waals surface area contributed by atoms with E-state index < -0.39 is 0 Å². The van der Waals surface area contributed by atoms with Crippen LogP contribution >= 0.6 is 0 Å². The number of rotatable bonds is 3. The average Bonchev–Trinajstić information content (AvgIpc) is 3.06. The Balaban J connectivity index is 1.53. The summed E-state index contributed by atoms with van der Waals surface area (Å²) in [7, 11) is 2.07. The van der Waals surface area contributed by atoms with E-state index in [4.69, 9.17) is 0 Å². The van der Waals surface area contributed by atoms with Crippen molar-refractivity contribution in [3.8, 4) is 0 Å². The van der Waals surface area contributed by atoms with E-state index in [-0.39, 0.29) is 5.82 Å². The van der Waals surface area contributed by atoms with Gasteiger partial charge < -0.3 is 4.57 Å². The molecule has 0 amide bonds. The van der Waals surface area contributed by atoms with Crippen molar-refractivity contribution < 1.29 is 4.39 Å². The van der Waals surface area contributed by atoms with E-state index in [2.05, 4.69) is 34.6 Å². The molecular formula is C21H24FN3. The third-order valence-corrected chi connectivity index (χ3v) is 5.92. The fourth-order valence-corrected chi connectivity index (χ4v) is 4.45. The predicted octanol–water partition coefficient (Wildman–Crippen LogP) is 5.18. The highest BCUT2D eigenvalue weighted by Crippen LogP contribution is 2.42. The number of imidazole rings is 1. The smallest absolute Gasteiger partial charge is 0.123 e. The van der Waals surface area contributed by atoms with Crippen LogP contribution in [0.5, 0.6) is 0 Å². The van der Waals surface area contributed by atoms with Gasteiger partial charge in [-0.15, -0.1) is 0 Å². The average molecular weight is 337 g/mol. The molecule has 0 unspecified atom stereocenters. The number of hydrogen-bond acceptors (Lipinski definition) is 2. The molecule has 25 heavy (non-hydrogen) atoms. The maximum atomic E-state index is 13.7. The molecule has 130 valence electrons. The van der Waals surface area contributed by atoms with E-state index in [1.807, 2.05) is 18.6 Å². The molecule has 3 aromatic rings. The van der Waals surface area contributed by atoms with Crippen molar-refractivity contribution >= 4 is 10.9 Å². The van der Waals surface area contributed by atoms with Gasteiger partial charge in [0, 0.05) is 36.9 Å². The first-order chi connectivity index (χ1) is 12.1. The quantitative estimate of drug-likeness (QED) is 0.659. The van der Waals surface area contributed by atoms with Crippen LogP contribution in [0.15, 0.2) is 42.9 Å². The molecule has 1 fully saturated rings. The molecule has 0 radical (unpaired) electrons. The lowest BCUT2D eigenvalue weighted by atomic mass is 9.73. The van der Waals surface area contributed by atoms with Crippen molar-refractivity contribution in [2.75, 3.05) is 0 Å². The molecule has 2 aromatic heterocycles. The third-order valence-electron chi connectivity index (χ3n) is 5.92. The van der Waals surface area contributed by atoms with Crippen molar-refractivity contribution in [1.82, 2.24) is 14.5 Å². The van der Waals surface area contributed by atoms with Crippen LogP contribution in [0.25, 0.3) is 10.9 Å². The number of pyridine rings is 1. The third kappa shape index (κ3) is 3.06. The van der Waals surface area contributed by atoms with Crippen LogP contribution in [0.4, 0.5) is 4.39 Å². The monoisotopic (exact) mass is 337 g/mol. The molecule has 1 aromatic carbocycles. The Bertz CT molecular complexity index is 878. The topological polar surface area (TPSA) is 30.7 Å². The van der Waals surface area contributed by atoms with Crippen LogP contribution in [0, 0.1) is 11.7 Å². The number of fused-ring (bicyclic) bond motifs is 1. The normalized spacial score (nSPS) is 22.2. The summed E-state index contributed by atoms with van der Waals surface area (Å²) in [5.41, 5.74) is 2.15. The minimum absolute atomic E-state index is 0.182. The summed E-state index contributed by atoms with van der Waals surface area (Å²) in [6.07, 6.45) is 10.4. The Hall–Kier alpha value is -2.23. The molecule has 0 N–H and O–H groups in total. The highest BCUT2D eigenvalue weighted by atomic mass is 19.1. The number of aromatic nitrogens is 3. The fourth-order valence-electron chi connectivity index (χ4n) is 4.45. The number of aryl methyl sites for hydroxylation is 1. The summed E-state index contributed by atoms with van der Waals surface area (Å²) < 4.78 is 15.8. The Morgan fingerprint density at radius 1 is 1.08 bits per heavy atom. The molecule has 1 atom stereocenters. The van der Waals surface area contributed by atoms with E-state index >= 15 is 0 Å². The van der Waals surface area contributed by atoms with E-state index in [9.17, 15) is 4.39 Å². The number of nitrogens with zero attached hydrogens (tertiary/aromatic N) is 3. The molecule has 1 aliphatic rings. The van der Waals surface area contributed by atoms with Gasteiger partial charge in [0.05, 0.1) is 5.52 Å². The van der Waals surface area contributed by atoms with Crippen molar-refractivity contribution in [3.63, 3.8) is 0 Å². The minimum atomic E-state index is -0.182. The van der Waals surface area contributed by atoms with Crippen LogP contribution in [0.3, 0.4) is 0 Å². The summed E-state index contributed by atoms with van der Waals surface area (Å²) in [5.74, 6) is 2.64. The lowest BCUT2D eigenvalue weighted by molar-refractivity contribution is 0.283. The molecular weight excluding hydrogens is 313 g/mol. The van der Waals surface area contributed by atoms with Gasteiger partial charge in [0.15, 0.2) is 0 Å². The number of halogens is 1. The zero-order valence-corrected chi connectivity index (χ0v) is 14.8. The van der Waals surface area contributed by atoms with Gasteiger partial charge >= 0.3 is 0 Å². The van der Waals surface area contributed by atoms with Crippen LogP contribution in [-0.4, -0.2) is 14.5 Å². The number of benzene rings is 1. The van der Waals surface area contributed by atoms with Gasteiger partial charge in [0.2, 0.25) is 0 Å². The van der Waals surface area contributed by atoms with Crippen molar-refractivity contribution in [3.05, 3.63) is 60.1 Å². The standard InChI is InChI=1S/C21H24FN3/c1-14(21-24-11-12-25(21)2)15-3-5-16(6-4-15)18-9-10-23-20-8-7-17(22)13-19(18)20/h7-16H,3-6H2,1-2H3/t14-,15?,16?/m1/s1. The summed E-state index contributed by atoms with van der Waals surface area (Å²) in [6.45, 7) is 2.30. The first kappa shape index (κ1) is 16.2.